The Balaban J connectivity index is 2.39. The van der Waals surface area contributed by atoms with Crippen LogP contribution in [0.15, 0.2) is 18.2 Å². The molecule has 0 amide bonds. The van der Waals surface area contributed by atoms with E-state index in [9.17, 15) is 5.11 Å². The van der Waals surface area contributed by atoms with Gasteiger partial charge in [-0.05, 0) is 30.9 Å². The summed E-state index contributed by atoms with van der Waals surface area (Å²) in [6.45, 7) is 8.24. The number of aliphatic hydroxyl groups excluding tert-OH is 1. The summed E-state index contributed by atoms with van der Waals surface area (Å²) in [5.74, 6) is 0. The van der Waals surface area contributed by atoms with Crippen LogP contribution in [0.3, 0.4) is 0 Å². The summed E-state index contributed by atoms with van der Waals surface area (Å²) in [5.41, 5.74) is 2.87. The molecule has 1 fully saturated rings. The van der Waals surface area contributed by atoms with Crippen molar-refractivity contribution >= 4 is 5.69 Å². The van der Waals surface area contributed by atoms with Gasteiger partial charge in [0.05, 0.1) is 17.7 Å². The number of hydrogen-bond donors (Lipinski definition) is 1. The third-order valence-electron chi connectivity index (χ3n) is 3.63. The Morgan fingerprint density at radius 3 is 2.67 bits per heavy atom. The number of anilines is 1. The van der Waals surface area contributed by atoms with Crippen LogP contribution >= 0.6 is 0 Å². The number of benzene rings is 1. The zero-order valence-electron chi connectivity index (χ0n) is 11.3. The molecule has 1 atom stereocenters. The fourth-order valence-electron chi connectivity index (χ4n) is 2.56. The van der Waals surface area contributed by atoms with Crippen LogP contribution in [0.25, 0.3) is 0 Å². The summed E-state index contributed by atoms with van der Waals surface area (Å²) < 4.78 is 0. The zero-order valence-corrected chi connectivity index (χ0v) is 11.3. The summed E-state index contributed by atoms with van der Waals surface area (Å²) in [7, 11) is 0. The van der Waals surface area contributed by atoms with Gasteiger partial charge in [0.2, 0.25) is 0 Å². The monoisotopic (exact) mass is 244 g/mol. The van der Waals surface area contributed by atoms with Crippen molar-refractivity contribution < 1.29 is 5.11 Å². The van der Waals surface area contributed by atoms with Crippen LogP contribution in [0, 0.1) is 16.7 Å². The minimum absolute atomic E-state index is 0.304. The van der Waals surface area contributed by atoms with E-state index in [1.807, 2.05) is 12.1 Å². The molecule has 1 aromatic rings. The largest absolute Gasteiger partial charge is 0.389 e. The number of nitriles is 1. The lowest BCUT2D eigenvalue weighted by Gasteiger charge is -2.25. The maximum Gasteiger partial charge on any atom is 0.0992 e. The number of aliphatic hydroxyl groups is 1. The fraction of sp³-hybridized carbons (Fsp3) is 0.533. The highest BCUT2D eigenvalue weighted by Gasteiger charge is 2.30. The van der Waals surface area contributed by atoms with E-state index >= 15 is 0 Å². The molecule has 0 saturated carbocycles. The highest BCUT2D eigenvalue weighted by atomic mass is 16.3. The summed E-state index contributed by atoms with van der Waals surface area (Å²) in [4.78, 5) is 2.28. The maximum absolute atomic E-state index is 9.85. The smallest absolute Gasteiger partial charge is 0.0992 e. The van der Waals surface area contributed by atoms with Gasteiger partial charge >= 0.3 is 0 Å². The molecule has 0 bridgehead atoms. The first-order valence-electron chi connectivity index (χ1n) is 6.40. The molecule has 1 heterocycles. The maximum atomic E-state index is 9.85. The van der Waals surface area contributed by atoms with Crippen molar-refractivity contribution in [3.63, 3.8) is 0 Å². The number of rotatable bonds is 2. The van der Waals surface area contributed by atoms with Crippen molar-refractivity contribution in [3.05, 3.63) is 29.3 Å². The Kier molecular flexibility index (Phi) is 3.32. The summed E-state index contributed by atoms with van der Waals surface area (Å²) in [6, 6.07) is 7.70. The van der Waals surface area contributed by atoms with Crippen LogP contribution in [0.2, 0.25) is 0 Å². The van der Waals surface area contributed by atoms with Crippen molar-refractivity contribution in [1.29, 1.82) is 5.26 Å². The van der Waals surface area contributed by atoms with E-state index in [4.69, 9.17) is 5.26 Å². The van der Waals surface area contributed by atoms with Gasteiger partial charge in [-0.15, -0.1) is 0 Å². The SMILES string of the molecule is CC(O)c1ccc(C#N)cc1N1CCC(C)(C)C1. The molecule has 2 rings (SSSR count). The second-order valence-corrected chi connectivity index (χ2v) is 5.90. The third-order valence-corrected chi connectivity index (χ3v) is 3.63. The van der Waals surface area contributed by atoms with E-state index in [-0.39, 0.29) is 0 Å². The van der Waals surface area contributed by atoms with Gasteiger partial charge in [0, 0.05) is 24.3 Å². The van der Waals surface area contributed by atoms with E-state index in [0.717, 1.165) is 30.8 Å². The van der Waals surface area contributed by atoms with Gasteiger partial charge in [0.1, 0.15) is 0 Å². The van der Waals surface area contributed by atoms with Crippen LogP contribution < -0.4 is 4.90 Å². The van der Waals surface area contributed by atoms with Gasteiger partial charge in [-0.25, -0.2) is 0 Å². The van der Waals surface area contributed by atoms with Crippen LogP contribution in [0.5, 0.6) is 0 Å². The van der Waals surface area contributed by atoms with Crippen molar-refractivity contribution in [2.75, 3.05) is 18.0 Å². The van der Waals surface area contributed by atoms with Crippen molar-refractivity contribution in [2.45, 2.75) is 33.3 Å². The minimum atomic E-state index is -0.503. The van der Waals surface area contributed by atoms with Crippen molar-refractivity contribution in [3.8, 4) is 6.07 Å². The molecule has 1 saturated heterocycles. The first-order chi connectivity index (χ1) is 8.43. The van der Waals surface area contributed by atoms with Crippen LogP contribution in [-0.4, -0.2) is 18.2 Å². The summed E-state index contributed by atoms with van der Waals surface area (Å²) in [6.07, 6.45) is 0.639. The van der Waals surface area contributed by atoms with Gasteiger partial charge in [-0.3, -0.25) is 0 Å². The average molecular weight is 244 g/mol. The lowest BCUT2D eigenvalue weighted by Crippen LogP contribution is -2.24. The van der Waals surface area contributed by atoms with E-state index in [0.29, 0.717) is 11.0 Å². The van der Waals surface area contributed by atoms with Crippen molar-refractivity contribution in [2.24, 2.45) is 5.41 Å². The molecule has 1 aromatic carbocycles. The third kappa shape index (κ3) is 2.49. The Labute approximate surface area is 109 Å². The molecular formula is C15H20N2O. The predicted molar refractivity (Wildman–Crippen MR) is 72.4 cm³/mol. The molecule has 1 N–H and O–H groups in total. The molecule has 1 unspecified atom stereocenters. The summed E-state index contributed by atoms with van der Waals surface area (Å²) >= 11 is 0. The Morgan fingerprint density at radius 2 is 2.17 bits per heavy atom. The van der Waals surface area contributed by atoms with Crippen LogP contribution in [0.1, 0.15) is 44.4 Å². The average Bonchev–Trinajstić information content (AvgIpc) is 2.68. The van der Waals surface area contributed by atoms with Crippen LogP contribution in [-0.2, 0) is 0 Å². The molecule has 3 nitrogen and oxygen atoms in total. The highest BCUT2D eigenvalue weighted by Crippen LogP contribution is 2.36. The molecular weight excluding hydrogens is 224 g/mol. The second kappa shape index (κ2) is 4.62. The van der Waals surface area contributed by atoms with Crippen LogP contribution in [0.4, 0.5) is 5.69 Å². The van der Waals surface area contributed by atoms with E-state index in [2.05, 4.69) is 24.8 Å². The first kappa shape index (κ1) is 12.9. The molecule has 0 spiro atoms. The van der Waals surface area contributed by atoms with E-state index in [1.165, 1.54) is 0 Å². The molecule has 1 aliphatic rings. The predicted octanol–water partition coefficient (Wildman–Crippen LogP) is 2.85. The van der Waals surface area contributed by atoms with Gasteiger partial charge in [0.25, 0.3) is 0 Å². The van der Waals surface area contributed by atoms with Gasteiger partial charge in [-0.1, -0.05) is 19.9 Å². The Bertz CT molecular complexity index is 486. The molecule has 96 valence electrons. The van der Waals surface area contributed by atoms with E-state index < -0.39 is 6.10 Å². The number of hydrogen-bond acceptors (Lipinski definition) is 3. The highest BCUT2D eigenvalue weighted by molar-refractivity contribution is 5.59. The zero-order chi connectivity index (χ0) is 13.3. The molecule has 18 heavy (non-hydrogen) atoms. The number of nitrogens with zero attached hydrogens (tertiary/aromatic N) is 2. The Morgan fingerprint density at radius 1 is 1.44 bits per heavy atom. The second-order valence-electron chi connectivity index (χ2n) is 5.90. The first-order valence-corrected chi connectivity index (χ1v) is 6.40. The fourth-order valence-corrected chi connectivity index (χ4v) is 2.56. The molecule has 0 aromatic heterocycles. The lowest BCUT2D eigenvalue weighted by molar-refractivity contribution is 0.199. The summed E-state index contributed by atoms with van der Waals surface area (Å²) in [5, 5.41) is 18.9. The van der Waals surface area contributed by atoms with Gasteiger partial charge < -0.3 is 10.0 Å². The Hall–Kier alpha value is -1.53. The molecule has 0 aliphatic carbocycles. The quantitative estimate of drug-likeness (QED) is 0.870. The lowest BCUT2D eigenvalue weighted by atomic mass is 9.93. The van der Waals surface area contributed by atoms with Crippen molar-refractivity contribution in [1.82, 2.24) is 0 Å². The molecule has 1 aliphatic heterocycles. The molecule has 0 radical (unpaired) electrons. The van der Waals surface area contributed by atoms with Gasteiger partial charge in [0.15, 0.2) is 0 Å². The minimum Gasteiger partial charge on any atom is -0.389 e. The van der Waals surface area contributed by atoms with E-state index in [1.54, 1.807) is 13.0 Å². The molecule has 3 heteroatoms. The standard InChI is InChI=1S/C15H20N2O/c1-11(18)13-5-4-12(9-16)8-14(13)17-7-6-15(2,3)10-17/h4-5,8,11,18H,6-7,10H2,1-3H3. The van der Waals surface area contributed by atoms with Gasteiger partial charge in [-0.2, -0.15) is 5.26 Å². The normalized spacial score (nSPS) is 19.6. The topological polar surface area (TPSA) is 47.3 Å².